The molecule has 1 aromatic heterocycles. The summed E-state index contributed by atoms with van der Waals surface area (Å²) in [4.78, 5) is 36.1. The number of rotatable bonds is 6. The number of halogens is 1. The SMILES string of the molecule is COCC(NC(=O)c1cc([N+](=O)[O-])cnc1Cl)C(=O)O. The Morgan fingerprint density at radius 2 is 2.30 bits per heavy atom. The van der Waals surface area contributed by atoms with Gasteiger partial charge in [0.15, 0.2) is 6.04 Å². The summed E-state index contributed by atoms with van der Waals surface area (Å²) in [5, 5.41) is 21.3. The summed E-state index contributed by atoms with van der Waals surface area (Å²) < 4.78 is 4.64. The van der Waals surface area contributed by atoms with Crippen LogP contribution in [0.2, 0.25) is 5.15 Å². The molecule has 0 fully saturated rings. The number of amides is 1. The van der Waals surface area contributed by atoms with Crippen molar-refractivity contribution in [3.8, 4) is 0 Å². The minimum Gasteiger partial charge on any atom is -0.480 e. The van der Waals surface area contributed by atoms with E-state index < -0.39 is 28.5 Å². The summed E-state index contributed by atoms with van der Waals surface area (Å²) in [5.41, 5.74) is -0.721. The van der Waals surface area contributed by atoms with Crippen molar-refractivity contribution < 1.29 is 24.4 Å². The number of nitrogens with zero attached hydrogens (tertiary/aromatic N) is 2. The Morgan fingerprint density at radius 1 is 1.65 bits per heavy atom. The van der Waals surface area contributed by atoms with E-state index in [0.717, 1.165) is 12.3 Å². The van der Waals surface area contributed by atoms with Crippen LogP contribution in [0.15, 0.2) is 12.3 Å². The standard InChI is InChI=1S/C10H10ClN3O6/c1-20-4-7(10(16)17)13-9(15)6-2-5(14(18)19)3-12-8(6)11/h2-3,7H,4H2,1H3,(H,13,15)(H,16,17). The van der Waals surface area contributed by atoms with Gasteiger partial charge in [-0.2, -0.15) is 0 Å². The number of aromatic nitrogens is 1. The molecule has 2 N–H and O–H groups in total. The highest BCUT2D eigenvalue weighted by atomic mass is 35.5. The van der Waals surface area contributed by atoms with Crippen molar-refractivity contribution in [3.05, 3.63) is 33.1 Å². The lowest BCUT2D eigenvalue weighted by Gasteiger charge is -2.13. The van der Waals surface area contributed by atoms with Crippen molar-refractivity contribution in [2.24, 2.45) is 0 Å². The molecule has 0 radical (unpaired) electrons. The molecule has 10 heteroatoms. The predicted octanol–water partition coefficient (Wildman–Crippen LogP) is 0.473. The molecule has 0 aliphatic heterocycles. The first-order valence-electron chi connectivity index (χ1n) is 5.19. The maximum atomic E-state index is 11.9. The first-order chi connectivity index (χ1) is 9.36. The molecule has 1 atom stereocenters. The number of hydrogen-bond donors (Lipinski definition) is 2. The van der Waals surface area contributed by atoms with Gasteiger partial charge in [-0.25, -0.2) is 9.78 Å². The van der Waals surface area contributed by atoms with Crippen LogP contribution in [0.3, 0.4) is 0 Å². The number of pyridine rings is 1. The lowest BCUT2D eigenvalue weighted by Crippen LogP contribution is -2.43. The number of ether oxygens (including phenoxy) is 1. The van der Waals surface area contributed by atoms with Crippen LogP contribution in [0.4, 0.5) is 5.69 Å². The predicted molar refractivity (Wildman–Crippen MR) is 66.7 cm³/mol. The van der Waals surface area contributed by atoms with Crippen molar-refractivity contribution >= 4 is 29.2 Å². The molecule has 1 amide bonds. The molecule has 1 unspecified atom stereocenters. The average molecular weight is 304 g/mol. The van der Waals surface area contributed by atoms with Crippen LogP contribution in [-0.2, 0) is 9.53 Å². The molecule has 1 rings (SSSR count). The highest BCUT2D eigenvalue weighted by Crippen LogP contribution is 2.19. The van der Waals surface area contributed by atoms with Gasteiger partial charge in [0.2, 0.25) is 0 Å². The zero-order valence-corrected chi connectivity index (χ0v) is 11.0. The van der Waals surface area contributed by atoms with E-state index in [2.05, 4.69) is 15.0 Å². The van der Waals surface area contributed by atoms with Gasteiger partial charge in [-0.15, -0.1) is 0 Å². The molecule has 0 aliphatic rings. The number of aliphatic carboxylic acids is 1. The summed E-state index contributed by atoms with van der Waals surface area (Å²) in [6.07, 6.45) is 0.892. The number of carbonyl (C=O) groups is 2. The fourth-order valence-corrected chi connectivity index (χ4v) is 1.46. The van der Waals surface area contributed by atoms with Crippen molar-refractivity contribution in [2.75, 3.05) is 13.7 Å². The second-order valence-corrected chi connectivity index (χ2v) is 3.97. The topological polar surface area (TPSA) is 132 Å². The number of hydrogen-bond acceptors (Lipinski definition) is 6. The zero-order valence-electron chi connectivity index (χ0n) is 10.2. The quantitative estimate of drug-likeness (QED) is 0.443. The van der Waals surface area contributed by atoms with Gasteiger partial charge in [0.05, 0.1) is 17.1 Å². The van der Waals surface area contributed by atoms with E-state index in [1.165, 1.54) is 7.11 Å². The first-order valence-corrected chi connectivity index (χ1v) is 5.57. The monoisotopic (exact) mass is 303 g/mol. The molecule has 9 nitrogen and oxygen atoms in total. The smallest absolute Gasteiger partial charge is 0.328 e. The number of nitro groups is 1. The molecule has 0 saturated carbocycles. The van der Waals surface area contributed by atoms with Gasteiger partial charge in [-0.05, 0) is 0 Å². The third-order valence-electron chi connectivity index (χ3n) is 2.22. The Kier molecular flexibility index (Phi) is 5.35. The van der Waals surface area contributed by atoms with Crippen molar-refractivity contribution in [3.63, 3.8) is 0 Å². The van der Waals surface area contributed by atoms with Crippen LogP contribution in [0.25, 0.3) is 0 Å². The molecule has 0 spiro atoms. The third kappa shape index (κ3) is 3.87. The largest absolute Gasteiger partial charge is 0.480 e. The summed E-state index contributed by atoms with van der Waals surface area (Å²) in [5.74, 6) is -2.20. The van der Waals surface area contributed by atoms with Crippen LogP contribution in [0.1, 0.15) is 10.4 Å². The van der Waals surface area contributed by atoms with Crippen molar-refractivity contribution in [2.45, 2.75) is 6.04 Å². The third-order valence-corrected chi connectivity index (χ3v) is 2.52. The number of nitrogens with one attached hydrogen (secondary N) is 1. The average Bonchev–Trinajstić information content (AvgIpc) is 2.38. The fraction of sp³-hybridized carbons (Fsp3) is 0.300. The Balaban J connectivity index is 2.99. The van der Waals surface area contributed by atoms with Crippen LogP contribution >= 0.6 is 11.6 Å². The highest BCUT2D eigenvalue weighted by molar-refractivity contribution is 6.32. The number of carbonyl (C=O) groups excluding carboxylic acids is 1. The zero-order chi connectivity index (χ0) is 15.3. The molecule has 0 aliphatic carbocycles. The normalized spacial score (nSPS) is 11.7. The maximum Gasteiger partial charge on any atom is 0.328 e. The summed E-state index contributed by atoms with van der Waals surface area (Å²) in [6.45, 7) is -0.263. The molecule has 108 valence electrons. The van der Waals surface area contributed by atoms with E-state index in [1.54, 1.807) is 0 Å². The van der Waals surface area contributed by atoms with Crippen LogP contribution < -0.4 is 5.32 Å². The minimum atomic E-state index is -1.31. The number of methoxy groups -OCH3 is 1. The van der Waals surface area contributed by atoms with Crippen molar-refractivity contribution in [1.29, 1.82) is 0 Å². The van der Waals surface area contributed by atoms with Gasteiger partial charge in [0.25, 0.3) is 11.6 Å². The van der Waals surface area contributed by atoms with E-state index in [9.17, 15) is 19.7 Å². The summed E-state index contributed by atoms with van der Waals surface area (Å²) in [6, 6.07) is -0.390. The summed E-state index contributed by atoms with van der Waals surface area (Å²) >= 11 is 5.66. The second kappa shape index (κ2) is 6.78. The summed E-state index contributed by atoms with van der Waals surface area (Å²) in [7, 11) is 1.27. The first kappa shape index (κ1) is 15.8. The lowest BCUT2D eigenvalue weighted by atomic mass is 10.2. The molecule has 1 aromatic rings. The van der Waals surface area contributed by atoms with Gasteiger partial charge in [-0.3, -0.25) is 14.9 Å². The molecule has 0 bridgehead atoms. The van der Waals surface area contributed by atoms with E-state index in [-0.39, 0.29) is 17.3 Å². The molecule has 0 aromatic carbocycles. The van der Waals surface area contributed by atoms with Crippen LogP contribution in [0.5, 0.6) is 0 Å². The van der Waals surface area contributed by atoms with Crippen LogP contribution in [-0.4, -0.2) is 46.6 Å². The molecule has 1 heterocycles. The Morgan fingerprint density at radius 3 is 2.80 bits per heavy atom. The van der Waals surface area contributed by atoms with Crippen molar-refractivity contribution in [1.82, 2.24) is 10.3 Å². The lowest BCUT2D eigenvalue weighted by molar-refractivity contribution is -0.385. The molecular weight excluding hydrogens is 294 g/mol. The van der Waals surface area contributed by atoms with E-state index >= 15 is 0 Å². The Hall–Kier alpha value is -2.26. The van der Waals surface area contributed by atoms with Gasteiger partial charge < -0.3 is 15.2 Å². The second-order valence-electron chi connectivity index (χ2n) is 3.61. The molecule has 20 heavy (non-hydrogen) atoms. The highest BCUT2D eigenvalue weighted by Gasteiger charge is 2.23. The fourth-order valence-electron chi connectivity index (χ4n) is 1.27. The van der Waals surface area contributed by atoms with Gasteiger partial charge in [0.1, 0.15) is 11.3 Å². The maximum absolute atomic E-state index is 11.9. The Labute approximate surface area is 117 Å². The minimum absolute atomic E-state index is 0.263. The number of carboxylic acids is 1. The van der Waals surface area contributed by atoms with Gasteiger partial charge in [-0.1, -0.05) is 11.6 Å². The van der Waals surface area contributed by atoms with Crippen LogP contribution in [0, 0.1) is 10.1 Å². The van der Waals surface area contributed by atoms with Gasteiger partial charge in [0, 0.05) is 13.2 Å². The van der Waals surface area contributed by atoms with E-state index in [4.69, 9.17) is 16.7 Å². The number of carboxylic acid groups (broad SMARTS) is 1. The Bertz CT molecular complexity index is 550. The van der Waals surface area contributed by atoms with Gasteiger partial charge >= 0.3 is 5.97 Å². The van der Waals surface area contributed by atoms with E-state index in [0.29, 0.717) is 0 Å². The molecular formula is C10H10ClN3O6. The molecule has 0 saturated heterocycles. The van der Waals surface area contributed by atoms with E-state index in [1.807, 2.05) is 0 Å².